The van der Waals surface area contributed by atoms with Crippen molar-refractivity contribution in [2.75, 3.05) is 26.2 Å². The molecule has 0 saturated carbocycles. The number of likely N-dealkylation sites (tertiary alicyclic amines) is 1. The average Bonchev–Trinajstić information content (AvgIpc) is 2.50. The Balaban J connectivity index is 1.85. The van der Waals surface area contributed by atoms with Crippen molar-refractivity contribution in [2.24, 2.45) is 5.73 Å². The lowest BCUT2D eigenvalue weighted by Gasteiger charge is -2.33. The van der Waals surface area contributed by atoms with E-state index in [0.717, 1.165) is 25.1 Å². The maximum absolute atomic E-state index is 12.0. The first-order chi connectivity index (χ1) is 10.2. The molecule has 0 aromatic heterocycles. The standard InChI is InChI=1S/C16H24N2O3/c1-2-20-14-6-8-15(9-7-14)21-16(19)12-18-10-4-3-5-13(18)11-17/h6-9,13H,2-5,10-12,17H2,1H3. The van der Waals surface area contributed by atoms with Crippen LogP contribution in [0, 0.1) is 0 Å². The first-order valence-corrected chi connectivity index (χ1v) is 7.60. The van der Waals surface area contributed by atoms with Gasteiger partial charge in [-0.2, -0.15) is 0 Å². The number of benzene rings is 1. The highest BCUT2D eigenvalue weighted by Crippen LogP contribution is 2.19. The number of carbonyl (C=O) groups is 1. The van der Waals surface area contributed by atoms with E-state index in [1.165, 1.54) is 6.42 Å². The third-order valence-corrected chi connectivity index (χ3v) is 3.72. The van der Waals surface area contributed by atoms with Gasteiger partial charge in [-0.1, -0.05) is 6.42 Å². The maximum Gasteiger partial charge on any atom is 0.325 e. The van der Waals surface area contributed by atoms with Crippen molar-refractivity contribution in [1.82, 2.24) is 4.90 Å². The Morgan fingerprint density at radius 1 is 1.29 bits per heavy atom. The molecule has 0 bridgehead atoms. The van der Waals surface area contributed by atoms with Crippen LogP contribution in [-0.4, -0.2) is 43.2 Å². The minimum atomic E-state index is -0.237. The van der Waals surface area contributed by atoms with Crippen molar-refractivity contribution in [2.45, 2.75) is 32.2 Å². The Morgan fingerprint density at radius 3 is 2.67 bits per heavy atom. The van der Waals surface area contributed by atoms with Gasteiger partial charge in [0.25, 0.3) is 0 Å². The van der Waals surface area contributed by atoms with Gasteiger partial charge < -0.3 is 15.2 Å². The Labute approximate surface area is 126 Å². The Bertz CT molecular complexity index is 447. The number of rotatable bonds is 6. The summed E-state index contributed by atoms with van der Waals surface area (Å²) in [7, 11) is 0. The number of nitrogens with zero attached hydrogens (tertiary/aromatic N) is 1. The second-order valence-electron chi connectivity index (χ2n) is 5.23. The van der Waals surface area contributed by atoms with Crippen LogP contribution in [0.1, 0.15) is 26.2 Å². The molecule has 0 aliphatic carbocycles. The summed E-state index contributed by atoms with van der Waals surface area (Å²) in [6, 6.07) is 7.40. The van der Waals surface area contributed by atoms with E-state index in [2.05, 4.69) is 4.90 Å². The van der Waals surface area contributed by atoms with Crippen LogP contribution in [-0.2, 0) is 4.79 Å². The molecule has 1 fully saturated rings. The summed E-state index contributed by atoms with van der Waals surface area (Å²) in [5.41, 5.74) is 5.76. The van der Waals surface area contributed by atoms with E-state index in [4.69, 9.17) is 15.2 Å². The molecule has 1 aromatic rings. The van der Waals surface area contributed by atoms with Crippen LogP contribution >= 0.6 is 0 Å². The fourth-order valence-corrected chi connectivity index (χ4v) is 2.64. The summed E-state index contributed by atoms with van der Waals surface area (Å²) in [6.07, 6.45) is 3.37. The Kier molecular flexibility index (Phi) is 6.02. The highest BCUT2D eigenvalue weighted by molar-refractivity contribution is 5.74. The van der Waals surface area contributed by atoms with Crippen LogP contribution in [0.5, 0.6) is 11.5 Å². The molecule has 2 N–H and O–H groups in total. The fraction of sp³-hybridized carbons (Fsp3) is 0.562. The number of hydrogen-bond donors (Lipinski definition) is 1. The minimum absolute atomic E-state index is 0.237. The van der Waals surface area contributed by atoms with Gasteiger partial charge in [-0.15, -0.1) is 0 Å². The van der Waals surface area contributed by atoms with Crippen LogP contribution in [0.4, 0.5) is 0 Å². The van der Waals surface area contributed by atoms with Crippen molar-refractivity contribution in [3.8, 4) is 11.5 Å². The molecule has 1 heterocycles. The predicted molar refractivity (Wildman–Crippen MR) is 81.5 cm³/mol. The van der Waals surface area contributed by atoms with Gasteiger partial charge in [0, 0.05) is 12.6 Å². The number of nitrogens with two attached hydrogens (primary N) is 1. The monoisotopic (exact) mass is 292 g/mol. The summed E-state index contributed by atoms with van der Waals surface area (Å²) in [5.74, 6) is 1.08. The number of piperidine rings is 1. The van der Waals surface area contributed by atoms with Crippen molar-refractivity contribution in [3.63, 3.8) is 0 Å². The number of esters is 1. The SMILES string of the molecule is CCOc1ccc(OC(=O)CN2CCCCC2CN)cc1. The lowest BCUT2D eigenvalue weighted by molar-refractivity contribution is -0.136. The summed E-state index contributed by atoms with van der Waals surface area (Å²) < 4.78 is 10.7. The molecular formula is C16H24N2O3. The Hall–Kier alpha value is -1.59. The van der Waals surface area contributed by atoms with Crippen molar-refractivity contribution in [3.05, 3.63) is 24.3 Å². The van der Waals surface area contributed by atoms with Crippen molar-refractivity contribution < 1.29 is 14.3 Å². The molecule has 5 heteroatoms. The lowest BCUT2D eigenvalue weighted by Crippen LogP contribution is -2.47. The van der Waals surface area contributed by atoms with Gasteiger partial charge in [-0.25, -0.2) is 0 Å². The molecule has 1 unspecified atom stereocenters. The second-order valence-corrected chi connectivity index (χ2v) is 5.23. The van der Waals surface area contributed by atoms with Gasteiger partial charge in [-0.05, 0) is 50.6 Å². The maximum atomic E-state index is 12.0. The summed E-state index contributed by atoms with van der Waals surface area (Å²) in [5, 5.41) is 0. The highest BCUT2D eigenvalue weighted by Gasteiger charge is 2.23. The molecular weight excluding hydrogens is 268 g/mol. The molecule has 1 saturated heterocycles. The topological polar surface area (TPSA) is 64.8 Å². The minimum Gasteiger partial charge on any atom is -0.494 e. The van der Waals surface area contributed by atoms with Crippen LogP contribution < -0.4 is 15.2 Å². The fourth-order valence-electron chi connectivity index (χ4n) is 2.64. The van der Waals surface area contributed by atoms with Crippen molar-refractivity contribution >= 4 is 5.97 Å². The molecule has 1 aliphatic heterocycles. The predicted octanol–water partition coefficient (Wildman–Crippen LogP) is 1.80. The Morgan fingerprint density at radius 2 is 2.00 bits per heavy atom. The summed E-state index contributed by atoms with van der Waals surface area (Å²) in [4.78, 5) is 14.1. The molecule has 1 atom stereocenters. The van der Waals surface area contributed by atoms with E-state index >= 15 is 0 Å². The molecule has 5 nitrogen and oxygen atoms in total. The van der Waals surface area contributed by atoms with Crippen LogP contribution in [0.3, 0.4) is 0 Å². The molecule has 2 rings (SSSR count). The third-order valence-electron chi connectivity index (χ3n) is 3.72. The zero-order valence-corrected chi connectivity index (χ0v) is 12.6. The molecule has 1 aromatic carbocycles. The van der Waals surface area contributed by atoms with E-state index in [1.807, 2.05) is 6.92 Å². The molecule has 0 spiro atoms. The first kappa shape index (κ1) is 15.8. The van der Waals surface area contributed by atoms with Gasteiger partial charge in [0.15, 0.2) is 0 Å². The zero-order valence-electron chi connectivity index (χ0n) is 12.6. The first-order valence-electron chi connectivity index (χ1n) is 7.60. The molecule has 21 heavy (non-hydrogen) atoms. The molecule has 0 radical (unpaired) electrons. The van der Waals surface area contributed by atoms with Gasteiger partial charge >= 0.3 is 5.97 Å². The van der Waals surface area contributed by atoms with Gasteiger partial charge in [0.05, 0.1) is 13.2 Å². The molecule has 0 amide bonds. The van der Waals surface area contributed by atoms with E-state index in [-0.39, 0.29) is 5.97 Å². The summed E-state index contributed by atoms with van der Waals surface area (Å²) in [6.45, 7) is 4.36. The van der Waals surface area contributed by atoms with Crippen LogP contribution in [0.15, 0.2) is 24.3 Å². The van der Waals surface area contributed by atoms with Crippen LogP contribution in [0.25, 0.3) is 0 Å². The van der Waals surface area contributed by atoms with Crippen molar-refractivity contribution in [1.29, 1.82) is 0 Å². The van der Waals surface area contributed by atoms with E-state index in [9.17, 15) is 4.79 Å². The quantitative estimate of drug-likeness (QED) is 0.640. The number of ether oxygens (including phenoxy) is 2. The average molecular weight is 292 g/mol. The highest BCUT2D eigenvalue weighted by atomic mass is 16.5. The second kappa shape index (κ2) is 8.00. The van der Waals surface area contributed by atoms with E-state index in [0.29, 0.717) is 31.5 Å². The van der Waals surface area contributed by atoms with E-state index < -0.39 is 0 Å². The molecule has 116 valence electrons. The normalized spacial score (nSPS) is 19.2. The van der Waals surface area contributed by atoms with Gasteiger partial charge in [-0.3, -0.25) is 9.69 Å². The van der Waals surface area contributed by atoms with E-state index in [1.54, 1.807) is 24.3 Å². The molecule has 1 aliphatic rings. The lowest BCUT2D eigenvalue weighted by atomic mass is 10.0. The number of carbonyl (C=O) groups excluding carboxylic acids is 1. The third kappa shape index (κ3) is 4.72. The van der Waals surface area contributed by atoms with Crippen LogP contribution in [0.2, 0.25) is 0 Å². The zero-order chi connectivity index (χ0) is 15.1. The van der Waals surface area contributed by atoms with Gasteiger partial charge in [0.2, 0.25) is 0 Å². The largest absolute Gasteiger partial charge is 0.494 e. The number of hydrogen-bond acceptors (Lipinski definition) is 5. The summed E-state index contributed by atoms with van der Waals surface area (Å²) >= 11 is 0. The smallest absolute Gasteiger partial charge is 0.325 e. The van der Waals surface area contributed by atoms with Gasteiger partial charge in [0.1, 0.15) is 11.5 Å².